The van der Waals surface area contributed by atoms with Crippen LogP contribution in [0.15, 0.2) is 54.6 Å². The largest absolute Gasteiger partial charge is 0.371 e. The second kappa shape index (κ2) is 8.34. The maximum Gasteiger partial charge on any atom is 0.134 e. The van der Waals surface area contributed by atoms with Crippen LogP contribution in [0.4, 0.5) is 0 Å². The standard InChI is InChI=1S/C24H30N2O2/c1-2-6-19(7-3-1)14-23-17-28-24(18-27-23)26-12-10-25(11-13-26)22-15-20-8-4-5-9-21(20)16-22/h1-9,22-24H,10-18H2. The Balaban J connectivity index is 1.08. The van der Waals surface area contributed by atoms with Crippen LogP contribution >= 0.6 is 0 Å². The molecule has 0 saturated carbocycles. The number of fused-ring (bicyclic) bond motifs is 1. The Morgan fingerprint density at radius 3 is 2.00 bits per heavy atom. The Kier molecular flexibility index (Phi) is 5.45. The van der Waals surface area contributed by atoms with Gasteiger partial charge in [-0.1, -0.05) is 54.6 Å². The van der Waals surface area contributed by atoms with Gasteiger partial charge in [0, 0.05) is 38.6 Å². The van der Waals surface area contributed by atoms with Crippen LogP contribution in [0, 0.1) is 0 Å². The molecule has 2 aliphatic heterocycles. The summed E-state index contributed by atoms with van der Waals surface area (Å²) in [6.07, 6.45) is 3.65. The monoisotopic (exact) mass is 378 g/mol. The first-order valence-corrected chi connectivity index (χ1v) is 10.7. The highest BCUT2D eigenvalue weighted by Crippen LogP contribution is 2.26. The smallest absolute Gasteiger partial charge is 0.134 e. The van der Waals surface area contributed by atoms with E-state index in [-0.39, 0.29) is 12.3 Å². The summed E-state index contributed by atoms with van der Waals surface area (Å²) in [7, 11) is 0. The first-order valence-electron chi connectivity index (χ1n) is 10.7. The zero-order chi connectivity index (χ0) is 18.8. The van der Waals surface area contributed by atoms with Crippen LogP contribution in [-0.2, 0) is 28.7 Å². The number of hydrogen-bond acceptors (Lipinski definition) is 4. The average Bonchev–Trinajstić information content (AvgIpc) is 3.20. The molecule has 0 spiro atoms. The van der Waals surface area contributed by atoms with Crippen molar-refractivity contribution in [1.82, 2.24) is 9.80 Å². The van der Waals surface area contributed by atoms with Gasteiger partial charge in [-0.2, -0.15) is 0 Å². The molecule has 2 aromatic rings. The lowest BCUT2D eigenvalue weighted by Gasteiger charge is -2.43. The molecule has 5 rings (SSSR count). The van der Waals surface area contributed by atoms with Crippen molar-refractivity contribution in [3.8, 4) is 0 Å². The summed E-state index contributed by atoms with van der Waals surface area (Å²) in [6.45, 7) is 5.79. The van der Waals surface area contributed by atoms with Gasteiger partial charge in [0.15, 0.2) is 0 Å². The van der Waals surface area contributed by atoms with Gasteiger partial charge in [-0.25, -0.2) is 0 Å². The Labute approximate surface area is 168 Å². The van der Waals surface area contributed by atoms with Crippen LogP contribution < -0.4 is 0 Å². The lowest BCUT2D eigenvalue weighted by atomic mass is 10.1. The third-order valence-electron chi connectivity index (χ3n) is 6.56. The molecule has 4 nitrogen and oxygen atoms in total. The van der Waals surface area contributed by atoms with Crippen molar-refractivity contribution in [3.63, 3.8) is 0 Å². The van der Waals surface area contributed by atoms with E-state index in [4.69, 9.17) is 9.47 Å². The van der Waals surface area contributed by atoms with E-state index in [1.54, 1.807) is 11.1 Å². The van der Waals surface area contributed by atoms with Gasteiger partial charge >= 0.3 is 0 Å². The van der Waals surface area contributed by atoms with E-state index in [2.05, 4.69) is 64.4 Å². The van der Waals surface area contributed by atoms with E-state index in [1.165, 1.54) is 18.4 Å². The maximum absolute atomic E-state index is 6.20. The molecule has 0 aromatic heterocycles. The normalized spacial score (nSPS) is 27.0. The van der Waals surface area contributed by atoms with Crippen LogP contribution in [0.2, 0.25) is 0 Å². The molecule has 4 heteroatoms. The second-order valence-electron chi connectivity index (χ2n) is 8.34. The van der Waals surface area contributed by atoms with E-state index in [0.29, 0.717) is 19.3 Å². The van der Waals surface area contributed by atoms with Crippen LogP contribution in [0.3, 0.4) is 0 Å². The molecule has 28 heavy (non-hydrogen) atoms. The topological polar surface area (TPSA) is 24.9 Å². The molecular weight excluding hydrogens is 348 g/mol. The number of hydrogen-bond donors (Lipinski definition) is 0. The van der Waals surface area contributed by atoms with Gasteiger partial charge in [-0.3, -0.25) is 9.80 Å². The van der Waals surface area contributed by atoms with Crippen molar-refractivity contribution < 1.29 is 9.47 Å². The van der Waals surface area contributed by atoms with E-state index in [9.17, 15) is 0 Å². The van der Waals surface area contributed by atoms with Crippen molar-refractivity contribution in [2.24, 2.45) is 0 Å². The maximum atomic E-state index is 6.20. The molecule has 2 fully saturated rings. The number of ether oxygens (including phenoxy) is 2. The highest BCUT2D eigenvalue weighted by atomic mass is 16.6. The van der Waals surface area contributed by atoms with Gasteiger partial charge in [0.1, 0.15) is 6.23 Å². The molecule has 1 aliphatic carbocycles. The van der Waals surface area contributed by atoms with Gasteiger partial charge < -0.3 is 9.47 Å². The van der Waals surface area contributed by atoms with Crippen molar-refractivity contribution in [2.45, 2.75) is 37.6 Å². The minimum absolute atomic E-state index is 0.120. The van der Waals surface area contributed by atoms with Crippen molar-refractivity contribution in [3.05, 3.63) is 71.3 Å². The summed E-state index contributed by atoms with van der Waals surface area (Å²) in [5.41, 5.74) is 4.41. The third kappa shape index (κ3) is 4.01. The van der Waals surface area contributed by atoms with Crippen molar-refractivity contribution in [2.75, 3.05) is 39.4 Å². The van der Waals surface area contributed by atoms with Crippen molar-refractivity contribution in [1.29, 1.82) is 0 Å². The Morgan fingerprint density at radius 2 is 1.36 bits per heavy atom. The lowest BCUT2D eigenvalue weighted by molar-refractivity contribution is -0.190. The summed E-state index contributed by atoms with van der Waals surface area (Å²) >= 11 is 0. The first-order chi connectivity index (χ1) is 13.8. The molecule has 0 amide bonds. The Morgan fingerprint density at radius 1 is 0.714 bits per heavy atom. The van der Waals surface area contributed by atoms with E-state index in [1.807, 2.05) is 0 Å². The molecule has 2 heterocycles. The molecule has 2 saturated heterocycles. The summed E-state index contributed by atoms with van der Waals surface area (Å²) in [5, 5.41) is 0. The van der Waals surface area contributed by atoms with Crippen LogP contribution in [0.1, 0.15) is 16.7 Å². The number of piperazine rings is 1. The van der Waals surface area contributed by atoms with E-state index >= 15 is 0 Å². The summed E-state index contributed by atoms with van der Waals surface area (Å²) in [4.78, 5) is 5.15. The van der Waals surface area contributed by atoms with Gasteiger partial charge in [-0.05, 0) is 29.5 Å². The number of benzene rings is 2. The first kappa shape index (κ1) is 18.3. The summed E-state index contributed by atoms with van der Waals surface area (Å²) in [5.74, 6) is 0. The van der Waals surface area contributed by atoms with Gasteiger partial charge in [0.2, 0.25) is 0 Å². The average molecular weight is 379 g/mol. The Hall–Kier alpha value is -1.72. The predicted molar refractivity (Wildman–Crippen MR) is 110 cm³/mol. The molecule has 0 bridgehead atoms. The fraction of sp³-hybridized carbons (Fsp3) is 0.500. The summed E-state index contributed by atoms with van der Waals surface area (Å²) < 4.78 is 12.3. The lowest BCUT2D eigenvalue weighted by Crippen LogP contribution is -2.56. The fourth-order valence-corrected chi connectivity index (χ4v) is 4.92. The van der Waals surface area contributed by atoms with Gasteiger partial charge in [-0.15, -0.1) is 0 Å². The SMILES string of the molecule is c1ccc(CC2COC(N3CCN(C4Cc5ccccc5C4)CC3)CO2)cc1. The van der Waals surface area contributed by atoms with E-state index in [0.717, 1.165) is 32.6 Å². The van der Waals surface area contributed by atoms with E-state index < -0.39 is 0 Å². The third-order valence-corrected chi connectivity index (χ3v) is 6.56. The second-order valence-corrected chi connectivity index (χ2v) is 8.34. The summed E-state index contributed by atoms with van der Waals surface area (Å²) in [6, 6.07) is 20.2. The van der Waals surface area contributed by atoms with Gasteiger partial charge in [0.05, 0.1) is 19.3 Å². The highest BCUT2D eigenvalue weighted by molar-refractivity contribution is 5.33. The molecule has 148 valence electrons. The molecule has 2 atom stereocenters. The predicted octanol–water partition coefficient (Wildman–Crippen LogP) is 2.76. The van der Waals surface area contributed by atoms with Crippen molar-refractivity contribution >= 4 is 0 Å². The number of nitrogens with zero attached hydrogens (tertiary/aromatic N) is 2. The molecule has 2 unspecified atom stereocenters. The number of rotatable bonds is 4. The molecule has 0 radical (unpaired) electrons. The van der Waals surface area contributed by atoms with Gasteiger partial charge in [0.25, 0.3) is 0 Å². The molecule has 2 aromatic carbocycles. The fourth-order valence-electron chi connectivity index (χ4n) is 4.92. The van der Waals surface area contributed by atoms with Crippen LogP contribution in [0.25, 0.3) is 0 Å². The molecule has 3 aliphatic rings. The van der Waals surface area contributed by atoms with Crippen LogP contribution in [0.5, 0.6) is 0 Å². The zero-order valence-corrected chi connectivity index (χ0v) is 16.5. The molecular formula is C24H30N2O2. The molecule has 0 N–H and O–H groups in total. The quantitative estimate of drug-likeness (QED) is 0.817. The Bertz CT molecular complexity index is 740. The minimum Gasteiger partial charge on any atom is -0.371 e. The minimum atomic E-state index is 0.120. The highest BCUT2D eigenvalue weighted by Gasteiger charge is 2.33. The van der Waals surface area contributed by atoms with Crippen LogP contribution in [-0.4, -0.2) is 67.6 Å². The zero-order valence-electron chi connectivity index (χ0n) is 16.5.